The average Bonchev–Trinajstić information content (AvgIpc) is 2.61. The van der Waals surface area contributed by atoms with Gasteiger partial charge in [0, 0.05) is 38.2 Å². The van der Waals surface area contributed by atoms with Gasteiger partial charge in [0.2, 0.25) is 11.8 Å². The molecule has 1 aliphatic carbocycles. The normalized spacial score (nSPS) is 16.2. The molecule has 7 heteroatoms. The Labute approximate surface area is 141 Å². The molecule has 1 aliphatic rings. The Kier molecular flexibility index (Phi) is 4.59. The summed E-state index contributed by atoms with van der Waals surface area (Å²) in [5, 5.41) is 3.06. The molecule has 0 radical (unpaired) electrons. The van der Waals surface area contributed by atoms with Crippen LogP contribution in [0, 0.1) is 0 Å². The molecule has 2 heterocycles. The standard InChI is InChI=1S/C17H21N5O2/c1-22(2)17-19-10-11-9-12(6-7-14(11)21-17)20-15(23)13-5-4-8-18-16(13)24-3/h4-5,8,10,12H,6-7,9H2,1-3H3,(H,20,23)/t12-/m1/s1. The molecule has 0 fully saturated rings. The van der Waals surface area contributed by atoms with Crippen LogP contribution in [0.15, 0.2) is 24.5 Å². The molecule has 0 spiro atoms. The number of carbonyl (C=O) groups is 1. The highest BCUT2D eigenvalue weighted by molar-refractivity contribution is 5.96. The first-order valence-electron chi connectivity index (χ1n) is 7.90. The van der Waals surface area contributed by atoms with Crippen LogP contribution in [0.25, 0.3) is 0 Å². The lowest BCUT2D eigenvalue weighted by Gasteiger charge is -2.25. The van der Waals surface area contributed by atoms with Crippen LogP contribution in [0.4, 0.5) is 5.95 Å². The van der Waals surface area contributed by atoms with Crippen molar-refractivity contribution in [3.8, 4) is 5.88 Å². The number of carbonyl (C=O) groups excluding carboxylic acids is 1. The zero-order valence-electron chi connectivity index (χ0n) is 14.1. The van der Waals surface area contributed by atoms with Gasteiger partial charge in [0.05, 0.1) is 7.11 Å². The van der Waals surface area contributed by atoms with Crippen LogP contribution < -0.4 is 15.0 Å². The van der Waals surface area contributed by atoms with E-state index < -0.39 is 0 Å². The molecular formula is C17H21N5O2. The van der Waals surface area contributed by atoms with E-state index in [2.05, 4.69) is 20.3 Å². The minimum Gasteiger partial charge on any atom is -0.480 e. The van der Waals surface area contributed by atoms with Crippen molar-refractivity contribution in [2.24, 2.45) is 0 Å². The predicted octanol–water partition coefficient (Wildman–Crippen LogP) is 1.23. The second-order valence-electron chi connectivity index (χ2n) is 6.01. The third kappa shape index (κ3) is 3.29. The number of aromatic nitrogens is 3. The number of amides is 1. The maximum absolute atomic E-state index is 12.5. The quantitative estimate of drug-likeness (QED) is 0.910. The largest absolute Gasteiger partial charge is 0.480 e. The number of fused-ring (bicyclic) bond motifs is 1. The molecule has 24 heavy (non-hydrogen) atoms. The fourth-order valence-electron chi connectivity index (χ4n) is 2.83. The van der Waals surface area contributed by atoms with Gasteiger partial charge in [-0.25, -0.2) is 15.0 Å². The molecule has 2 aromatic heterocycles. The van der Waals surface area contributed by atoms with E-state index in [0.29, 0.717) is 11.4 Å². The number of nitrogens with one attached hydrogen (secondary N) is 1. The van der Waals surface area contributed by atoms with Crippen molar-refractivity contribution in [1.82, 2.24) is 20.3 Å². The zero-order valence-corrected chi connectivity index (χ0v) is 14.1. The van der Waals surface area contributed by atoms with Crippen LogP contribution in [0.5, 0.6) is 5.88 Å². The van der Waals surface area contributed by atoms with E-state index in [9.17, 15) is 4.79 Å². The van der Waals surface area contributed by atoms with Crippen molar-refractivity contribution in [3.05, 3.63) is 41.3 Å². The maximum Gasteiger partial charge on any atom is 0.256 e. The van der Waals surface area contributed by atoms with Crippen LogP contribution in [-0.4, -0.2) is 48.1 Å². The molecule has 3 rings (SSSR count). The smallest absolute Gasteiger partial charge is 0.256 e. The van der Waals surface area contributed by atoms with Gasteiger partial charge in [-0.05, 0) is 37.0 Å². The van der Waals surface area contributed by atoms with Crippen LogP contribution >= 0.6 is 0 Å². The summed E-state index contributed by atoms with van der Waals surface area (Å²) in [5.41, 5.74) is 2.61. The zero-order chi connectivity index (χ0) is 17.1. The van der Waals surface area contributed by atoms with Crippen molar-refractivity contribution in [2.75, 3.05) is 26.1 Å². The topological polar surface area (TPSA) is 80.2 Å². The summed E-state index contributed by atoms with van der Waals surface area (Å²) in [6.45, 7) is 0. The van der Waals surface area contributed by atoms with Crippen LogP contribution in [-0.2, 0) is 12.8 Å². The Morgan fingerprint density at radius 2 is 2.21 bits per heavy atom. The number of anilines is 1. The fraction of sp³-hybridized carbons (Fsp3) is 0.412. The van der Waals surface area contributed by atoms with E-state index in [1.165, 1.54) is 7.11 Å². The maximum atomic E-state index is 12.5. The summed E-state index contributed by atoms with van der Waals surface area (Å²) in [7, 11) is 5.36. The number of methoxy groups -OCH3 is 1. The Morgan fingerprint density at radius 3 is 2.96 bits per heavy atom. The molecule has 0 saturated carbocycles. The van der Waals surface area contributed by atoms with E-state index in [0.717, 1.165) is 36.5 Å². The number of ether oxygens (including phenoxy) is 1. The van der Waals surface area contributed by atoms with Gasteiger partial charge < -0.3 is 15.0 Å². The molecule has 0 unspecified atom stereocenters. The molecule has 1 N–H and O–H groups in total. The van der Waals surface area contributed by atoms with Crippen molar-refractivity contribution in [2.45, 2.75) is 25.3 Å². The summed E-state index contributed by atoms with van der Waals surface area (Å²) in [4.78, 5) is 27.4. The van der Waals surface area contributed by atoms with Gasteiger partial charge in [-0.1, -0.05) is 0 Å². The molecule has 0 aromatic carbocycles. The van der Waals surface area contributed by atoms with Crippen LogP contribution in [0.3, 0.4) is 0 Å². The van der Waals surface area contributed by atoms with Gasteiger partial charge in [-0.3, -0.25) is 4.79 Å². The Morgan fingerprint density at radius 1 is 1.38 bits per heavy atom. The molecule has 7 nitrogen and oxygen atoms in total. The van der Waals surface area contributed by atoms with Crippen molar-refractivity contribution in [3.63, 3.8) is 0 Å². The monoisotopic (exact) mass is 327 g/mol. The van der Waals surface area contributed by atoms with E-state index in [4.69, 9.17) is 4.74 Å². The van der Waals surface area contributed by atoms with E-state index >= 15 is 0 Å². The van der Waals surface area contributed by atoms with Crippen molar-refractivity contribution < 1.29 is 9.53 Å². The molecule has 0 saturated heterocycles. The minimum atomic E-state index is -0.167. The summed E-state index contributed by atoms with van der Waals surface area (Å²) in [6, 6.07) is 3.50. The van der Waals surface area contributed by atoms with Gasteiger partial charge in [0.1, 0.15) is 5.56 Å². The Balaban J connectivity index is 1.71. The summed E-state index contributed by atoms with van der Waals surface area (Å²) in [5.74, 6) is 0.890. The SMILES string of the molecule is COc1ncccc1C(=O)N[C@@H]1CCc2nc(N(C)C)ncc2C1. The molecular weight excluding hydrogens is 306 g/mol. The average molecular weight is 327 g/mol. The van der Waals surface area contributed by atoms with Crippen LogP contribution in [0.1, 0.15) is 28.0 Å². The molecule has 126 valence electrons. The highest BCUT2D eigenvalue weighted by atomic mass is 16.5. The number of pyridine rings is 1. The first-order valence-corrected chi connectivity index (χ1v) is 7.90. The van der Waals surface area contributed by atoms with Crippen molar-refractivity contribution >= 4 is 11.9 Å². The van der Waals surface area contributed by atoms with E-state index in [1.807, 2.05) is 25.2 Å². The third-order valence-corrected chi connectivity index (χ3v) is 4.08. The number of hydrogen-bond donors (Lipinski definition) is 1. The molecule has 2 aromatic rings. The molecule has 0 aliphatic heterocycles. The van der Waals surface area contributed by atoms with E-state index in [-0.39, 0.29) is 11.9 Å². The van der Waals surface area contributed by atoms with Gasteiger partial charge in [0.15, 0.2) is 0 Å². The minimum absolute atomic E-state index is 0.0590. The second kappa shape index (κ2) is 6.82. The first-order chi connectivity index (χ1) is 11.6. The lowest BCUT2D eigenvalue weighted by molar-refractivity contribution is 0.0929. The van der Waals surface area contributed by atoms with Crippen LogP contribution in [0.2, 0.25) is 0 Å². The highest BCUT2D eigenvalue weighted by Gasteiger charge is 2.24. The van der Waals surface area contributed by atoms with Crippen molar-refractivity contribution in [1.29, 1.82) is 0 Å². The molecule has 1 amide bonds. The summed E-state index contributed by atoms with van der Waals surface area (Å²) in [6.07, 6.45) is 5.88. The lowest BCUT2D eigenvalue weighted by Crippen LogP contribution is -2.39. The van der Waals surface area contributed by atoms with Gasteiger partial charge in [-0.15, -0.1) is 0 Å². The number of nitrogens with zero attached hydrogens (tertiary/aromatic N) is 4. The fourth-order valence-corrected chi connectivity index (χ4v) is 2.83. The molecule has 0 bridgehead atoms. The highest BCUT2D eigenvalue weighted by Crippen LogP contribution is 2.22. The Bertz CT molecular complexity index is 748. The number of aryl methyl sites for hydroxylation is 1. The Hall–Kier alpha value is -2.70. The summed E-state index contributed by atoms with van der Waals surface area (Å²) < 4.78 is 5.15. The number of rotatable bonds is 4. The third-order valence-electron chi connectivity index (χ3n) is 4.08. The summed E-state index contributed by atoms with van der Waals surface area (Å²) >= 11 is 0. The number of hydrogen-bond acceptors (Lipinski definition) is 6. The van der Waals surface area contributed by atoms with E-state index in [1.54, 1.807) is 18.3 Å². The first kappa shape index (κ1) is 16.2. The van der Waals surface area contributed by atoms with Gasteiger partial charge in [0.25, 0.3) is 5.91 Å². The predicted molar refractivity (Wildman–Crippen MR) is 90.4 cm³/mol. The second-order valence-corrected chi connectivity index (χ2v) is 6.01. The van der Waals surface area contributed by atoms with Gasteiger partial charge >= 0.3 is 0 Å². The molecule has 1 atom stereocenters. The van der Waals surface area contributed by atoms with Gasteiger partial charge in [-0.2, -0.15) is 0 Å². The lowest BCUT2D eigenvalue weighted by atomic mass is 9.92.